The molecule has 13 rings (SSSR count). The van der Waals surface area contributed by atoms with E-state index in [0.717, 1.165) is 89.4 Å². The Labute approximate surface area is 366 Å². The molecule has 0 fully saturated rings. The van der Waals surface area contributed by atoms with Gasteiger partial charge in [0.1, 0.15) is 52.9 Å². The third-order valence-corrected chi connectivity index (χ3v) is 12.1. The summed E-state index contributed by atoms with van der Waals surface area (Å²) in [5, 5.41) is 0. The summed E-state index contributed by atoms with van der Waals surface area (Å²) in [6.45, 7) is 3.89. The van der Waals surface area contributed by atoms with Crippen LogP contribution in [0, 0.1) is 0 Å². The van der Waals surface area contributed by atoms with Crippen LogP contribution in [0.3, 0.4) is 0 Å². The number of aromatic amines is 2. The number of nitrogens with one attached hydrogen (secondary N) is 2. The zero-order valence-corrected chi connectivity index (χ0v) is 34.4. The maximum atomic E-state index is 6.11. The van der Waals surface area contributed by atoms with E-state index in [2.05, 4.69) is 82.8 Å². The predicted octanol–water partition coefficient (Wildman–Crippen LogP) is 10.4. The van der Waals surface area contributed by atoms with Gasteiger partial charge in [-0.05, 0) is 119 Å². The lowest BCUT2D eigenvalue weighted by Crippen LogP contribution is -2.15. The van der Waals surface area contributed by atoms with Crippen molar-refractivity contribution >= 4 is 46.4 Å². The lowest BCUT2D eigenvalue weighted by molar-refractivity contribution is 0.171. The Morgan fingerprint density at radius 2 is 0.516 bits per heavy atom. The van der Waals surface area contributed by atoms with Crippen molar-refractivity contribution in [1.29, 1.82) is 0 Å². The van der Waals surface area contributed by atoms with Crippen molar-refractivity contribution < 1.29 is 37.9 Å². The molecule has 0 aliphatic carbocycles. The number of aromatic nitrogens is 4. The van der Waals surface area contributed by atoms with E-state index in [4.69, 9.17) is 47.9 Å². The number of H-pyrrole nitrogens is 2. The fraction of sp³-hybridized carbons (Fsp3) is 0.154. The van der Waals surface area contributed by atoms with Crippen molar-refractivity contribution in [1.82, 2.24) is 19.9 Å². The molecule has 7 aromatic rings. The minimum absolute atomic E-state index is 0.472. The molecule has 0 radical (unpaired) electrons. The van der Waals surface area contributed by atoms with Crippen LogP contribution in [0.4, 0.5) is 0 Å². The molecular formula is C52H38N4O8. The third kappa shape index (κ3) is 6.20. The standard InChI is InChI=1S/C52H38N4O8/c1-13-41-45(61-21-17-57-41)25-29(1)49-33-5-7-35(53-33)50(30-2-14-42-46(26-30)62-22-18-58-42)37-9-11-39(55-37)52(32-4-16-44-48(28-32)64-24-20-60-44)40-12-10-38(56-40)51(36-8-6-34(49)54-36)31-3-15-43-47(27-31)63-23-19-59-43/h1-16,25-28,53,56H,17-24H2. The Balaban J connectivity index is 1.15. The van der Waals surface area contributed by atoms with Crippen LogP contribution in [0.2, 0.25) is 0 Å². The Morgan fingerprint density at radius 1 is 0.281 bits per heavy atom. The molecule has 12 heteroatoms. The summed E-state index contributed by atoms with van der Waals surface area (Å²) in [4.78, 5) is 18.6. The van der Waals surface area contributed by atoms with E-state index in [1.54, 1.807) is 0 Å². The van der Waals surface area contributed by atoms with Gasteiger partial charge in [-0.15, -0.1) is 0 Å². The van der Waals surface area contributed by atoms with E-state index < -0.39 is 0 Å². The molecule has 64 heavy (non-hydrogen) atoms. The van der Waals surface area contributed by atoms with E-state index in [0.29, 0.717) is 98.9 Å². The van der Waals surface area contributed by atoms with Crippen molar-refractivity contribution in [2.75, 3.05) is 52.9 Å². The van der Waals surface area contributed by atoms with Gasteiger partial charge in [-0.2, -0.15) is 0 Å². The Morgan fingerprint density at radius 3 is 0.766 bits per heavy atom. The number of rotatable bonds is 4. The minimum atomic E-state index is 0.472. The second kappa shape index (κ2) is 14.8. The van der Waals surface area contributed by atoms with E-state index in [-0.39, 0.29) is 0 Å². The SMILES string of the molecule is C1=Cc2nc1c(-c1ccc3c(c1)OCCO3)c1ccc([nH]1)c(-c1ccc3c(c1)OCCO3)c1nc(c(-c3ccc4c(c3)OCCO4)c3ccc([nH]3)c2-c2ccc3c(c2)OCCO3)C=C1. The van der Waals surface area contributed by atoms with Crippen molar-refractivity contribution in [2.45, 2.75) is 0 Å². The first kappa shape index (κ1) is 36.5. The molecule has 3 aromatic heterocycles. The molecule has 6 aliphatic rings. The Kier molecular flexibility index (Phi) is 8.43. The van der Waals surface area contributed by atoms with Gasteiger partial charge in [-0.25, -0.2) is 9.97 Å². The largest absolute Gasteiger partial charge is 0.486 e. The zero-order chi connectivity index (χ0) is 42.1. The van der Waals surface area contributed by atoms with Gasteiger partial charge in [0.05, 0.1) is 22.8 Å². The van der Waals surface area contributed by atoms with Crippen molar-refractivity contribution in [2.24, 2.45) is 0 Å². The highest BCUT2D eigenvalue weighted by Crippen LogP contribution is 2.44. The van der Waals surface area contributed by atoms with E-state index >= 15 is 0 Å². The zero-order valence-electron chi connectivity index (χ0n) is 34.4. The summed E-state index contributed by atoms with van der Waals surface area (Å²) in [6, 6.07) is 32.6. The van der Waals surface area contributed by atoms with E-state index in [9.17, 15) is 0 Å². The monoisotopic (exact) mass is 846 g/mol. The van der Waals surface area contributed by atoms with Gasteiger partial charge in [0.2, 0.25) is 0 Å². The van der Waals surface area contributed by atoms with Gasteiger partial charge in [-0.1, -0.05) is 24.3 Å². The van der Waals surface area contributed by atoms with Crippen molar-refractivity contribution in [3.8, 4) is 90.5 Å². The molecule has 0 saturated carbocycles. The molecule has 314 valence electrons. The highest BCUT2D eigenvalue weighted by atomic mass is 16.6. The molecule has 6 aliphatic heterocycles. The average molecular weight is 847 g/mol. The van der Waals surface area contributed by atoms with Gasteiger partial charge in [0.25, 0.3) is 0 Å². The number of hydrogen-bond acceptors (Lipinski definition) is 10. The number of nitrogens with zero attached hydrogens (tertiary/aromatic N) is 2. The van der Waals surface area contributed by atoms with Crippen LogP contribution in [0.25, 0.3) is 90.9 Å². The summed E-state index contributed by atoms with van der Waals surface area (Å²) in [5.74, 6) is 5.59. The van der Waals surface area contributed by atoms with Gasteiger partial charge >= 0.3 is 0 Å². The molecule has 9 heterocycles. The van der Waals surface area contributed by atoms with Crippen LogP contribution in [-0.4, -0.2) is 72.8 Å². The maximum absolute atomic E-state index is 6.11. The quantitative estimate of drug-likeness (QED) is 0.176. The van der Waals surface area contributed by atoms with Crippen molar-refractivity contribution in [3.05, 3.63) is 120 Å². The molecule has 0 atom stereocenters. The van der Waals surface area contributed by atoms with Crippen molar-refractivity contribution in [3.63, 3.8) is 0 Å². The third-order valence-electron chi connectivity index (χ3n) is 12.1. The first-order valence-corrected chi connectivity index (χ1v) is 21.4. The molecule has 2 N–H and O–H groups in total. The normalized spacial score (nSPS) is 15.2. The second-order valence-corrected chi connectivity index (χ2v) is 15.9. The van der Waals surface area contributed by atoms with E-state index in [1.165, 1.54) is 0 Å². The minimum Gasteiger partial charge on any atom is -0.486 e. The number of fused-ring (bicyclic) bond motifs is 12. The van der Waals surface area contributed by atoms with Crippen LogP contribution < -0.4 is 37.9 Å². The van der Waals surface area contributed by atoms with Gasteiger partial charge in [0, 0.05) is 44.3 Å². The highest BCUT2D eigenvalue weighted by Gasteiger charge is 2.24. The molecule has 4 aromatic carbocycles. The summed E-state index contributed by atoms with van der Waals surface area (Å²) < 4.78 is 48.2. The number of benzene rings is 4. The molecule has 8 bridgehead atoms. The predicted molar refractivity (Wildman–Crippen MR) is 245 cm³/mol. The van der Waals surface area contributed by atoms with Gasteiger partial charge < -0.3 is 47.9 Å². The Hall–Kier alpha value is -8.12. The fourth-order valence-electron chi connectivity index (χ4n) is 9.22. The summed E-state index contributed by atoms with van der Waals surface area (Å²) in [6.07, 6.45) is 8.30. The molecule has 0 saturated heterocycles. The number of ether oxygens (including phenoxy) is 8. The van der Waals surface area contributed by atoms with Crippen LogP contribution in [0.15, 0.2) is 97.1 Å². The van der Waals surface area contributed by atoms with Gasteiger partial charge in [0.15, 0.2) is 46.0 Å². The lowest BCUT2D eigenvalue weighted by Gasteiger charge is -2.19. The second-order valence-electron chi connectivity index (χ2n) is 15.9. The van der Waals surface area contributed by atoms with Crippen LogP contribution in [-0.2, 0) is 0 Å². The number of hydrogen-bond donors (Lipinski definition) is 2. The summed E-state index contributed by atoms with van der Waals surface area (Å²) in [5.41, 5.74) is 13.7. The maximum Gasteiger partial charge on any atom is 0.161 e. The average Bonchev–Trinajstić information content (AvgIpc) is 4.20. The van der Waals surface area contributed by atoms with Crippen LogP contribution in [0.1, 0.15) is 22.8 Å². The first-order valence-electron chi connectivity index (χ1n) is 21.4. The Bertz CT molecular complexity index is 2900. The smallest absolute Gasteiger partial charge is 0.161 e. The summed E-state index contributed by atoms with van der Waals surface area (Å²) >= 11 is 0. The highest BCUT2D eigenvalue weighted by molar-refractivity contribution is 6.00. The van der Waals surface area contributed by atoms with Crippen LogP contribution >= 0.6 is 0 Å². The molecule has 0 amide bonds. The topological polar surface area (TPSA) is 131 Å². The fourth-order valence-corrected chi connectivity index (χ4v) is 9.22. The first-order chi connectivity index (χ1) is 31.7. The molecular weight excluding hydrogens is 809 g/mol. The van der Waals surface area contributed by atoms with E-state index in [1.807, 2.05) is 48.5 Å². The lowest BCUT2D eigenvalue weighted by atomic mass is 10.0. The van der Waals surface area contributed by atoms with Crippen LogP contribution in [0.5, 0.6) is 46.0 Å². The molecule has 0 spiro atoms. The molecule has 12 nitrogen and oxygen atoms in total. The molecule has 0 unspecified atom stereocenters. The summed E-state index contributed by atoms with van der Waals surface area (Å²) in [7, 11) is 0. The van der Waals surface area contributed by atoms with Gasteiger partial charge in [-0.3, -0.25) is 0 Å².